The average molecular weight is 419 g/mol. The first-order chi connectivity index (χ1) is 14.8. The van der Waals surface area contributed by atoms with Crippen LogP contribution in [0, 0.1) is 0 Å². The number of ether oxygens (including phenoxy) is 1. The minimum Gasteiger partial charge on any atom is -0.508 e. The number of Topliss-reactive ketones (excluding diaryl/α,β-unsaturated/α-hetero) is 1. The molecule has 0 amide bonds. The first kappa shape index (κ1) is 22.3. The van der Waals surface area contributed by atoms with Gasteiger partial charge in [0.2, 0.25) is 0 Å². The summed E-state index contributed by atoms with van der Waals surface area (Å²) in [5, 5.41) is 27.8. The zero-order chi connectivity index (χ0) is 23.0. The molecule has 30 heavy (non-hydrogen) atoms. The van der Waals surface area contributed by atoms with E-state index >= 15 is 0 Å². The largest absolute Gasteiger partial charge is 0.508 e. The van der Waals surface area contributed by atoms with Crippen LogP contribution >= 0.6 is 0 Å². The van der Waals surface area contributed by atoms with Crippen molar-refractivity contribution in [2.75, 3.05) is 7.15 Å². The van der Waals surface area contributed by atoms with Crippen molar-refractivity contribution in [1.29, 1.82) is 0 Å². The fourth-order valence-corrected chi connectivity index (χ4v) is 3.09. The first-order valence-corrected chi connectivity index (χ1v) is 9.36. The molecule has 2 heterocycles. The number of hydrogen-bond donors (Lipinski definition) is 3. The molecule has 0 aliphatic carbocycles. The van der Waals surface area contributed by atoms with Crippen molar-refractivity contribution in [3.05, 3.63) is 47.5 Å². The Bertz CT molecular complexity index is 887. The molecule has 160 valence electrons. The summed E-state index contributed by atoms with van der Waals surface area (Å²) in [6.07, 6.45) is 0.207. The molecule has 3 N–H and O–H groups in total. The fourth-order valence-electron chi connectivity index (χ4n) is 3.09. The van der Waals surface area contributed by atoms with Crippen molar-refractivity contribution < 1.29 is 39.8 Å². The number of aromatic hydroxyl groups is 1. The Morgan fingerprint density at radius 3 is 2.23 bits per heavy atom. The van der Waals surface area contributed by atoms with Crippen LogP contribution < -0.4 is 15.7 Å². The summed E-state index contributed by atoms with van der Waals surface area (Å²) in [5.74, 6) is 0.758. The fraction of sp³-hybridized carbons (Fsp3) is 0.350. The Morgan fingerprint density at radius 1 is 1.17 bits per heavy atom. The second kappa shape index (κ2) is 11.1. The maximum Gasteiger partial charge on any atom is 0.491 e. The van der Waals surface area contributed by atoms with Crippen LogP contribution in [0.4, 0.5) is 4.39 Å². The molecule has 0 saturated heterocycles. The van der Waals surface area contributed by atoms with Crippen LogP contribution in [0.25, 0.3) is 0 Å². The van der Waals surface area contributed by atoms with Crippen molar-refractivity contribution in [1.82, 2.24) is 0 Å². The SMILES string of the molecule is CCC(Oc1ccc2c(c1)B(O)OC2)C(C)=O.OB1OCc2ccc(O)cc21.[2H]CF. The Hall–Kier alpha value is -2.39. The molecule has 0 saturated carbocycles. The van der Waals surface area contributed by atoms with E-state index in [-0.39, 0.29) is 11.5 Å². The van der Waals surface area contributed by atoms with Crippen LogP contribution in [0.15, 0.2) is 36.4 Å². The molecule has 0 fully saturated rings. The van der Waals surface area contributed by atoms with Gasteiger partial charge in [-0.2, -0.15) is 0 Å². The molecule has 0 bridgehead atoms. The zero-order valence-electron chi connectivity index (χ0n) is 17.9. The predicted octanol–water partition coefficient (Wildman–Crippen LogP) is 0.846. The third-order valence-corrected chi connectivity index (χ3v) is 4.67. The Morgan fingerprint density at radius 2 is 1.70 bits per heavy atom. The minimum atomic E-state index is -1.00. The van der Waals surface area contributed by atoms with Gasteiger partial charge in [-0.15, -0.1) is 0 Å². The van der Waals surface area contributed by atoms with Gasteiger partial charge in [0, 0.05) is 0 Å². The number of alkyl halides is 1. The molecule has 0 aromatic heterocycles. The maximum atomic E-state index is 11.3. The molecule has 2 aliphatic heterocycles. The van der Waals surface area contributed by atoms with E-state index in [1.807, 2.05) is 13.0 Å². The third kappa shape index (κ3) is 5.82. The Balaban J connectivity index is 0.000000209. The van der Waals surface area contributed by atoms with Crippen LogP contribution in [-0.4, -0.2) is 48.4 Å². The van der Waals surface area contributed by atoms with Gasteiger partial charge in [-0.3, -0.25) is 9.18 Å². The number of fused-ring (bicyclic) bond motifs is 2. The molecule has 2 aliphatic rings. The highest BCUT2D eigenvalue weighted by molar-refractivity contribution is 6.62. The number of carbonyl (C=O) groups excluding carboxylic acids is 1. The van der Waals surface area contributed by atoms with E-state index < -0.39 is 27.5 Å². The highest BCUT2D eigenvalue weighted by Gasteiger charge is 2.28. The minimum absolute atomic E-state index is 0.00444. The number of carbonyl (C=O) groups is 1. The number of phenolic OH excluding ortho intramolecular Hbond substituents is 1. The van der Waals surface area contributed by atoms with E-state index in [1.165, 1.54) is 13.0 Å². The van der Waals surface area contributed by atoms with Gasteiger partial charge in [-0.1, -0.05) is 19.1 Å². The van der Waals surface area contributed by atoms with Crippen LogP contribution in [0.2, 0.25) is 0 Å². The Labute approximate surface area is 177 Å². The molecule has 7 nitrogen and oxygen atoms in total. The maximum absolute atomic E-state index is 11.3. The number of phenols is 1. The van der Waals surface area contributed by atoms with Gasteiger partial charge in [0.1, 0.15) is 11.5 Å². The van der Waals surface area contributed by atoms with Crippen LogP contribution in [-0.2, 0) is 27.3 Å². The average Bonchev–Trinajstić information content (AvgIpc) is 3.29. The van der Waals surface area contributed by atoms with Crippen molar-refractivity contribution in [2.45, 2.75) is 39.6 Å². The summed E-state index contributed by atoms with van der Waals surface area (Å²) in [4.78, 5) is 11.3. The van der Waals surface area contributed by atoms with E-state index in [9.17, 15) is 19.2 Å². The Kier molecular flexibility index (Phi) is 8.27. The van der Waals surface area contributed by atoms with Crippen molar-refractivity contribution in [2.24, 2.45) is 0 Å². The van der Waals surface area contributed by atoms with E-state index in [4.69, 9.17) is 20.5 Å². The predicted molar refractivity (Wildman–Crippen MR) is 112 cm³/mol. The summed E-state index contributed by atoms with van der Waals surface area (Å²) >= 11 is 0. The monoisotopic (exact) mass is 419 g/mol. The summed E-state index contributed by atoms with van der Waals surface area (Å²) in [5.41, 5.74) is 3.29. The highest BCUT2D eigenvalue weighted by atomic mass is 19.1. The molecule has 2 aromatic carbocycles. The van der Waals surface area contributed by atoms with Gasteiger partial charge in [0.15, 0.2) is 11.9 Å². The van der Waals surface area contributed by atoms with Crippen LogP contribution in [0.3, 0.4) is 0 Å². The van der Waals surface area contributed by atoms with E-state index in [0.29, 0.717) is 30.8 Å². The van der Waals surface area contributed by atoms with Crippen molar-refractivity contribution >= 4 is 30.9 Å². The number of benzene rings is 2. The van der Waals surface area contributed by atoms with E-state index in [2.05, 4.69) is 0 Å². The molecular weight excluding hydrogens is 393 g/mol. The number of rotatable bonds is 4. The summed E-state index contributed by atoms with van der Waals surface area (Å²) in [6.45, 7) is 4.26. The number of hydrogen-bond acceptors (Lipinski definition) is 7. The lowest BCUT2D eigenvalue weighted by atomic mass is 9.79. The lowest BCUT2D eigenvalue weighted by molar-refractivity contribution is -0.123. The summed E-state index contributed by atoms with van der Waals surface area (Å²) < 4.78 is 31.1. The molecule has 1 unspecified atom stereocenters. The molecule has 2 aromatic rings. The first-order valence-electron chi connectivity index (χ1n) is 10.1. The third-order valence-electron chi connectivity index (χ3n) is 4.67. The lowest BCUT2D eigenvalue weighted by Crippen LogP contribution is -2.29. The van der Waals surface area contributed by atoms with Gasteiger partial charge in [-0.05, 0) is 59.7 Å². The van der Waals surface area contributed by atoms with Gasteiger partial charge in [0.25, 0.3) is 0 Å². The molecule has 4 rings (SSSR count). The number of ketones is 1. The van der Waals surface area contributed by atoms with Gasteiger partial charge >= 0.3 is 14.2 Å². The standard InChI is InChI=1S/C12H15BO4.C7H7BO3.CH3F/c1-3-12(8(2)14)17-10-5-4-9-7-16-13(15)11(9)6-10;9-6-2-1-5-4-11-8(10)7(5)3-6;1-2/h4-6,12,15H,3,7H2,1-2H3;1-3,9-10H,4H2;1H3/i;;1D. The highest BCUT2D eigenvalue weighted by Crippen LogP contribution is 2.18. The molecule has 10 heteroatoms. The summed E-state index contributed by atoms with van der Waals surface area (Å²) in [7, 11) is -2.75. The van der Waals surface area contributed by atoms with Gasteiger partial charge in [0.05, 0.1) is 21.7 Å². The smallest absolute Gasteiger partial charge is 0.491 e. The summed E-state index contributed by atoms with van der Waals surface area (Å²) in [6, 6.07) is 10.2. The van der Waals surface area contributed by atoms with Crippen molar-refractivity contribution in [3.63, 3.8) is 0 Å². The quantitative estimate of drug-likeness (QED) is 0.632. The molecular formula is C20H25B2FO7. The van der Waals surface area contributed by atoms with E-state index in [1.54, 1.807) is 24.3 Å². The molecule has 0 radical (unpaired) electrons. The lowest BCUT2D eigenvalue weighted by Gasteiger charge is -2.15. The van der Waals surface area contributed by atoms with Gasteiger partial charge in [-0.25, -0.2) is 0 Å². The van der Waals surface area contributed by atoms with Crippen molar-refractivity contribution in [3.8, 4) is 11.5 Å². The second-order valence-electron chi connectivity index (χ2n) is 6.70. The normalized spacial score (nSPS) is 15.0. The zero-order valence-corrected chi connectivity index (χ0v) is 16.9. The van der Waals surface area contributed by atoms with Crippen LogP contribution in [0.1, 0.15) is 32.8 Å². The van der Waals surface area contributed by atoms with E-state index in [0.717, 1.165) is 16.6 Å². The molecule has 1 atom stereocenters. The van der Waals surface area contributed by atoms with Gasteiger partial charge < -0.3 is 29.2 Å². The number of halogens is 1. The molecule has 0 spiro atoms. The van der Waals surface area contributed by atoms with Crippen LogP contribution in [0.5, 0.6) is 11.5 Å². The topological polar surface area (TPSA) is 105 Å². The second-order valence-corrected chi connectivity index (χ2v) is 6.70.